The van der Waals surface area contributed by atoms with E-state index in [4.69, 9.17) is 9.57 Å². The van der Waals surface area contributed by atoms with Crippen LogP contribution in [0.3, 0.4) is 0 Å². The first-order valence-corrected chi connectivity index (χ1v) is 15.1. The number of hydroxylamine groups is 1. The Hall–Kier alpha value is -0.610. The first-order valence-electron chi connectivity index (χ1n) is 15.1. The normalized spacial score (nSPS) is 40.6. The summed E-state index contributed by atoms with van der Waals surface area (Å²) in [5.41, 5.74) is 4.17. The number of carbonyl (C=O) groups is 1. The van der Waals surface area contributed by atoms with Gasteiger partial charge >= 0.3 is 5.97 Å². The molecular weight excluding hydrogens is 434 g/mol. The van der Waals surface area contributed by atoms with E-state index in [2.05, 4.69) is 40.1 Å². The molecule has 204 valence electrons. The summed E-state index contributed by atoms with van der Waals surface area (Å²) in [7, 11) is 1.51. The van der Waals surface area contributed by atoms with E-state index in [0.29, 0.717) is 29.1 Å². The molecule has 0 bridgehead atoms. The Kier molecular flexibility index (Phi) is 9.80. The molecule has 35 heavy (non-hydrogen) atoms. The second-order valence-corrected chi connectivity index (χ2v) is 13.6. The largest absolute Gasteiger partial charge is 0.469 e. The minimum Gasteiger partial charge on any atom is -0.469 e. The van der Waals surface area contributed by atoms with Crippen molar-refractivity contribution in [3.05, 3.63) is 0 Å². The van der Waals surface area contributed by atoms with Gasteiger partial charge in [-0.1, -0.05) is 40.5 Å². The second kappa shape index (κ2) is 11.8. The van der Waals surface area contributed by atoms with Crippen molar-refractivity contribution in [2.24, 2.45) is 46.3 Å². The van der Waals surface area contributed by atoms with Crippen molar-refractivity contribution in [1.82, 2.24) is 5.48 Å². The molecule has 8 unspecified atom stereocenters. The minimum absolute atomic E-state index is 0.0294. The van der Waals surface area contributed by atoms with Gasteiger partial charge in [0.15, 0.2) is 0 Å². The van der Waals surface area contributed by atoms with Crippen LogP contribution in [0.2, 0.25) is 0 Å². The average Bonchev–Trinajstić information content (AvgIpc) is 3.16. The van der Waals surface area contributed by atoms with Crippen LogP contribution in [0.15, 0.2) is 0 Å². The van der Waals surface area contributed by atoms with E-state index in [-0.39, 0.29) is 11.5 Å². The van der Waals surface area contributed by atoms with Gasteiger partial charge in [-0.15, -0.1) is 0 Å². The van der Waals surface area contributed by atoms with Gasteiger partial charge in [-0.3, -0.25) is 4.79 Å². The van der Waals surface area contributed by atoms with E-state index < -0.39 is 0 Å². The number of hydrogen-bond donors (Lipinski definition) is 1. The Bertz CT molecular complexity index is 687. The summed E-state index contributed by atoms with van der Waals surface area (Å²) in [4.78, 5) is 18.0. The van der Waals surface area contributed by atoms with E-state index in [1.807, 2.05) is 13.8 Å². The predicted molar refractivity (Wildman–Crippen MR) is 145 cm³/mol. The maximum atomic E-state index is 11.8. The van der Waals surface area contributed by atoms with Crippen LogP contribution in [0.4, 0.5) is 0 Å². The summed E-state index contributed by atoms with van der Waals surface area (Å²) in [6, 6.07) is 0. The fourth-order valence-corrected chi connectivity index (χ4v) is 9.24. The fraction of sp³-hybridized carbons (Fsp3) is 0.968. The number of methoxy groups -OCH3 is 1. The number of carbonyl (C=O) groups excluding carboxylic acids is 1. The first-order chi connectivity index (χ1) is 16.6. The molecule has 0 aromatic heterocycles. The number of nitrogens with one attached hydrogen (secondary N) is 1. The first kappa shape index (κ1) is 29.0. The average molecular weight is 492 g/mol. The van der Waals surface area contributed by atoms with Gasteiger partial charge in [0, 0.05) is 12.0 Å². The summed E-state index contributed by atoms with van der Waals surface area (Å²) in [5, 5.41) is 0. The van der Waals surface area contributed by atoms with E-state index in [1.54, 1.807) is 0 Å². The maximum Gasteiger partial charge on any atom is 0.305 e. The number of rotatable bonds is 7. The van der Waals surface area contributed by atoms with Gasteiger partial charge in [0.2, 0.25) is 0 Å². The third kappa shape index (κ3) is 5.95. The molecule has 4 rings (SSSR count). The summed E-state index contributed by atoms with van der Waals surface area (Å²) in [6.07, 6.45) is 15.4. The Morgan fingerprint density at radius 3 is 2.40 bits per heavy atom. The Balaban J connectivity index is 0.00000167. The molecule has 4 fully saturated rings. The van der Waals surface area contributed by atoms with Gasteiger partial charge in [-0.25, -0.2) is 0 Å². The number of hydrogen-bond acceptors (Lipinski definition) is 4. The highest BCUT2D eigenvalue weighted by Gasteiger charge is 2.62. The minimum atomic E-state index is -0.0591. The highest BCUT2D eigenvalue weighted by Crippen LogP contribution is 2.69. The van der Waals surface area contributed by atoms with Crippen LogP contribution in [-0.4, -0.2) is 25.2 Å². The molecular formula is C31H57NO3. The lowest BCUT2D eigenvalue weighted by molar-refractivity contribution is -0.161. The van der Waals surface area contributed by atoms with Gasteiger partial charge in [0.05, 0.1) is 13.7 Å². The zero-order valence-electron chi connectivity index (χ0n) is 24.4. The van der Waals surface area contributed by atoms with Crippen molar-refractivity contribution in [2.45, 2.75) is 131 Å². The second-order valence-electron chi connectivity index (χ2n) is 13.6. The van der Waals surface area contributed by atoms with Crippen molar-refractivity contribution >= 4 is 5.97 Å². The lowest BCUT2D eigenvalue weighted by atomic mass is 9.42. The molecule has 0 aliphatic heterocycles. The molecule has 8 atom stereocenters. The van der Waals surface area contributed by atoms with Crippen molar-refractivity contribution in [3.63, 3.8) is 0 Å². The number of fused-ring (bicyclic) bond motifs is 5. The van der Waals surface area contributed by atoms with E-state index in [1.165, 1.54) is 64.9 Å². The molecule has 0 aromatic carbocycles. The van der Waals surface area contributed by atoms with Gasteiger partial charge < -0.3 is 9.57 Å². The van der Waals surface area contributed by atoms with Crippen LogP contribution in [-0.2, 0) is 14.4 Å². The molecule has 4 aliphatic rings. The topological polar surface area (TPSA) is 47.6 Å². The summed E-state index contributed by atoms with van der Waals surface area (Å²) in [6.45, 7) is 16.6. The van der Waals surface area contributed by atoms with Crippen molar-refractivity contribution < 1.29 is 14.4 Å². The van der Waals surface area contributed by atoms with Crippen LogP contribution in [0.25, 0.3) is 0 Å². The summed E-state index contributed by atoms with van der Waals surface area (Å²) in [5.74, 6) is 4.77. The Morgan fingerprint density at radius 2 is 1.71 bits per heavy atom. The molecule has 4 nitrogen and oxygen atoms in total. The maximum absolute atomic E-state index is 11.8. The molecule has 0 radical (unpaired) electrons. The van der Waals surface area contributed by atoms with Gasteiger partial charge in [-0.2, -0.15) is 5.48 Å². The van der Waals surface area contributed by atoms with Gasteiger partial charge in [-0.05, 0) is 125 Å². The molecule has 0 heterocycles. The van der Waals surface area contributed by atoms with E-state index >= 15 is 0 Å². The molecule has 0 saturated heterocycles. The number of ether oxygens (including phenoxy) is 1. The highest BCUT2D eigenvalue weighted by molar-refractivity contribution is 5.68. The Labute approximate surface area is 217 Å². The van der Waals surface area contributed by atoms with Crippen molar-refractivity contribution in [1.29, 1.82) is 0 Å². The van der Waals surface area contributed by atoms with Crippen LogP contribution in [0.5, 0.6) is 0 Å². The standard InChI is InChI=1S/C29H51NO3.C2H6/c1-27(2,3)30-33-19-22-18-25-23(15-13-20-10-7-8-17-28(20,25)4)24-16-14-21(29(22,24)5)11-9-12-26(31)32-6;1-2/h20-25,30H,7-19H2,1-6H3;1-2H3. The van der Waals surface area contributed by atoms with Crippen LogP contribution < -0.4 is 5.48 Å². The van der Waals surface area contributed by atoms with Crippen LogP contribution in [0, 0.1) is 46.3 Å². The molecule has 0 amide bonds. The smallest absolute Gasteiger partial charge is 0.305 e. The predicted octanol–water partition coefficient (Wildman–Crippen LogP) is 7.95. The third-order valence-electron chi connectivity index (χ3n) is 10.9. The molecule has 4 heteroatoms. The van der Waals surface area contributed by atoms with Gasteiger partial charge in [0.1, 0.15) is 0 Å². The molecule has 4 saturated carbocycles. The van der Waals surface area contributed by atoms with Crippen LogP contribution >= 0.6 is 0 Å². The Morgan fingerprint density at radius 1 is 0.971 bits per heavy atom. The molecule has 0 aromatic rings. The van der Waals surface area contributed by atoms with Crippen LogP contribution in [0.1, 0.15) is 126 Å². The van der Waals surface area contributed by atoms with E-state index in [0.717, 1.165) is 43.1 Å². The summed E-state index contributed by atoms with van der Waals surface area (Å²) < 4.78 is 4.92. The lowest BCUT2D eigenvalue weighted by Gasteiger charge is -2.63. The number of esters is 1. The third-order valence-corrected chi connectivity index (χ3v) is 10.9. The van der Waals surface area contributed by atoms with Gasteiger partial charge in [0.25, 0.3) is 0 Å². The lowest BCUT2D eigenvalue weighted by Crippen LogP contribution is -2.57. The zero-order valence-corrected chi connectivity index (χ0v) is 24.4. The SMILES string of the molecule is CC.COC(=O)CCCC1CCC2C3CCC4CCCCC4(C)C3CC(CONC(C)(C)C)C12C. The quantitative estimate of drug-likeness (QED) is 0.290. The summed E-state index contributed by atoms with van der Waals surface area (Å²) >= 11 is 0. The molecule has 0 spiro atoms. The molecule has 4 aliphatic carbocycles. The van der Waals surface area contributed by atoms with Crippen molar-refractivity contribution in [3.8, 4) is 0 Å². The van der Waals surface area contributed by atoms with E-state index in [9.17, 15) is 4.79 Å². The zero-order chi connectivity index (χ0) is 25.9. The monoisotopic (exact) mass is 491 g/mol. The fourth-order valence-electron chi connectivity index (χ4n) is 9.24. The molecule has 1 N–H and O–H groups in total. The van der Waals surface area contributed by atoms with Crippen molar-refractivity contribution in [2.75, 3.05) is 13.7 Å². The highest BCUT2D eigenvalue weighted by atomic mass is 16.6.